The van der Waals surface area contributed by atoms with Crippen molar-refractivity contribution >= 4 is 11.7 Å². The van der Waals surface area contributed by atoms with Gasteiger partial charge in [0.2, 0.25) is 0 Å². The molecule has 1 atom stereocenters. The first-order valence-electron chi connectivity index (χ1n) is 6.92. The molecule has 0 spiro atoms. The van der Waals surface area contributed by atoms with Crippen LogP contribution in [0.5, 0.6) is 5.75 Å². The van der Waals surface area contributed by atoms with Gasteiger partial charge in [0.1, 0.15) is 18.5 Å². The van der Waals surface area contributed by atoms with E-state index >= 15 is 0 Å². The maximum Gasteiger partial charge on any atom is 0.338 e. The third-order valence-corrected chi connectivity index (χ3v) is 3.71. The average molecular weight is 283 g/mol. The van der Waals surface area contributed by atoms with E-state index in [1.54, 1.807) is 18.2 Å². The van der Waals surface area contributed by atoms with Crippen LogP contribution in [0.1, 0.15) is 21.5 Å². The topological polar surface area (TPSA) is 61.6 Å². The Morgan fingerprint density at radius 3 is 2.90 bits per heavy atom. The van der Waals surface area contributed by atoms with Crippen LogP contribution in [-0.4, -0.2) is 18.7 Å². The Bertz CT molecular complexity index is 656. The lowest BCUT2D eigenvalue weighted by molar-refractivity contribution is 0.0346. The summed E-state index contributed by atoms with van der Waals surface area (Å²) in [5, 5.41) is 0. The van der Waals surface area contributed by atoms with E-state index in [2.05, 4.69) is 0 Å². The van der Waals surface area contributed by atoms with E-state index in [0.29, 0.717) is 11.3 Å². The molecule has 0 saturated heterocycles. The zero-order valence-corrected chi connectivity index (χ0v) is 11.8. The normalized spacial score (nSPS) is 16.1. The van der Waals surface area contributed by atoms with Crippen molar-refractivity contribution in [3.8, 4) is 5.75 Å². The van der Waals surface area contributed by atoms with Crippen LogP contribution in [0.3, 0.4) is 0 Å². The van der Waals surface area contributed by atoms with Gasteiger partial charge >= 0.3 is 5.97 Å². The predicted octanol–water partition coefficient (Wildman–Crippen LogP) is 2.74. The van der Waals surface area contributed by atoms with Crippen LogP contribution in [0.4, 0.5) is 5.69 Å². The summed E-state index contributed by atoms with van der Waals surface area (Å²) in [5.74, 6) is 0.512. The molecule has 2 aromatic carbocycles. The number of esters is 1. The van der Waals surface area contributed by atoms with Crippen molar-refractivity contribution in [1.29, 1.82) is 0 Å². The largest absolute Gasteiger partial charge is 0.486 e. The minimum absolute atomic E-state index is 0.118. The van der Waals surface area contributed by atoms with Crippen molar-refractivity contribution < 1.29 is 14.3 Å². The standard InChI is InChI=1S/C17H17NO3/c1-11-14(6-4-7-15(11)18)17(19)20-10-13-9-12-5-2-3-8-16(12)21-13/h2-8,13H,9-10,18H2,1H3. The van der Waals surface area contributed by atoms with E-state index in [1.807, 2.05) is 31.2 Å². The molecule has 4 nitrogen and oxygen atoms in total. The van der Waals surface area contributed by atoms with Crippen LogP contribution in [-0.2, 0) is 11.2 Å². The van der Waals surface area contributed by atoms with Gasteiger partial charge in [-0.3, -0.25) is 0 Å². The highest BCUT2D eigenvalue weighted by Crippen LogP contribution is 2.28. The fraction of sp³-hybridized carbons (Fsp3) is 0.235. The lowest BCUT2D eigenvalue weighted by atomic mass is 10.1. The van der Waals surface area contributed by atoms with Crippen LogP contribution >= 0.6 is 0 Å². The smallest absolute Gasteiger partial charge is 0.338 e. The van der Waals surface area contributed by atoms with Crippen LogP contribution in [0.15, 0.2) is 42.5 Å². The second kappa shape index (κ2) is 5.48. The lowest BCUT2D eigenvalue weighted by Gasteiger charge is -2.12. The molecule has 0 aliphatic carbocycles. The number of nitrogen functional groups attached to an aromatic ring is 1. The van der Waals surface area contributed by atoms with E-state index in [-0.39, 0.29) is 18.7 Å². The van der Waals surface area contributed by atoms with Gasteiger partial charge in [0.25, 0.3) is 0 Å². The molecular formula is C17H17NO3. The van der Waals surface area contributed by atoms with Crippen LogP contribution in [0.2, 0.25) is 0 Å². The molecule has 1 aliphatic heterocycles. The molecule has 2 aromatic rings. The first-order chi connectivity index (χ1) is 10.1. The summed E-state index contributed by atoms with van der Waals surface area (Å²) in [6.07, 6.45) is 0.645. The maximum atomic E-state index is 12.1. The summed E-state index contributed by atoms with van der Waals surface area (Å²) in [5.41, 5.74) is 8.80. The number of nitrogens with two attached hydrogens (primary N) is 1. The Kier molecular flexibility index (Phi) is 3.52. The molecule has 2 N–H and O–H groups in total. The number of anilines is 1. The van der Waals surface area contributed by atoms with E-state index in [9.17, 15) is 4.79 Å². The van der Waals surface area contributed by atoms with Gasteiger partial charge in [0, 0.05) is 12.1 Å². The summed E-state index contributed by atoms with van der Waals surface area (Å²) in [7, 11) is 0. The van der Waals surface area contributed by atoms with Crippen LogP contribution in [0, 0.1) is 6.92 Å². The molecule has 1 heterocycles. The number of carbonyl (C=O) groups excluding carboxylic acids is 1. The first kappa shape index (κ1) is 13.5. The molecule has 0 bridgehead atoms. The molecule has 0 aromatic heterocycles. The highest BCUT2D eigenvalue weighted by atomic mass is 16.6. The molecule has 21 heavy (non-hydrogen) atoms. The van der Waals surface area contributed by atoms with E-state index in [1.165, 1.54) is 0 Å². The van der Waals surface area contributed by atoms with Crippen molar-refractivity contribution in [2.45, 2.75) is 19.4 Å². The zero-order valence-electron chi connectivity index (χ0n) is 11.8. The van der Waals surface area contributed by atoms with Crippen molar-refractivity contribution in [2.24, 2.45) is 0 Å². The molecule has 1 aliphatic rings. The number of hydrogen-bond acceptors (Lipinski definition) is 4. The number of rotatable bonds is 3. The minimum atomic E-state index is -0.362. The Hall–Kier alpha value is -2.49. The second-order valence-corrected chi connectivity index (χ2v) is 5.17. The van der Waals surface area contributed by atoms with E-state index < -0.39 is 0 Å². The monoisotopic (exact) mass is 283 g/mol. The third-order valence-electron chi connectivity index (χ3n) is 3.71. The van der Waals surface area contributed by atoms with Gasteiger partial charge in [-0.25, -0.2) is 4.79 Å². The fourth-order valence-corrected chi connectivity index (χ4v) is 2.47. The number of ether oxygens (including phenoxy) is 2. The van der Waals surface area contributed by atoms with Crippen molar-refractivity contribution in [3.05, 3.63) is 59.2 Å². The highest BCUT2D eigenvalue weighted by molar-refractivity contribution is 5.92. The molecule has 0 amide bonds. The highest BCUT2D eigenvalue weighted by Gasteiger charge is 2.24. The average Bonchev–Trinajstić information content (AvgIpc) is 2.90. The Labute approximate surface area is 123 Å². The Morgan fingerprint density at radius 1 is 1.29 bits per heavy atom. The number of carbonyl (C=O) groups is 1. The zero-order chi connectivity index (χ0) is 14.8. The molecule has 1 unspecified atom stereocenters. The molecule has 3 rings (SSSR count). The summed E-state index contributed by atoms with van der Waals surface area (Å²) in [6, 6.07) is 13.1. The molecule has 0 fully saturated rings. The van der Waals surface area contributed by atoms with E-state index in [0.717, 1.165) is 23.3 Å². The lowest BCUT2D eigenvalue weighted by Crippen LogP contribution is -2.23. The minimum Gasteiger partial charge on any atom is -0.486 e. The molecule has 0 saturated carbocycles. The van der Waals surface area contributed by atoms with Crippen LogP contribution < -0.4 is 10.5 Å². The number of benzene rings is 2. The first-order valence-corrected chi connectivity index (χ1v) is 6.92. The summed E-state index contributed by atoms with van der Waals surface area (Å²) in [6.45, 7) is 2.05. The quantitative estimate of drug-likeness (QED) is 0.695. The molecular weight excluding hydrogens is 266 g/mol. The molecule has 4 heteroatoms. The maximum absolute atomic E-state index is 12.1. The fourth-order valence-electron chi connectivity index (χ4n) is 2.47. The molecule has 108 valence electrons. The van der Waals surface area contributed by atoms with Gasteiger partial charge in [-0.2, -0.15) is 0 Å². The van der Waals surface area contributed by atoms with E-state index in [4.69, 9.17) is 15.2 Å². The third kappa shape index (κ3) is 2.70. The summed E-state index contributed by atoms with van der Waals surface area (Å²) < 4.78 is 11.1. The van der Waals surface area contributed by atoms with Gasteiger partial charge < -0.3 is 15.2 Å². The Morgan fingerprint density at radius 2 is 2.10 bits per heavy atom. The SMILES string of the molecule is Cc1c(N)cccc1C(=O)OCC1Cc2ccccc2O1. The summed E-state index contributed by atoms with van der Waals surface area (Å²) in [4.78, 5) is 12.1. The van der Waals surface area contributed by atoms with Gasteiger partial charge in [0.15, 0.2) is 0 Å². The Balaban J connectivity index is 1.62. The molecule has 0 radical (unpaired) electrons. The van der Waals surface area contributed by atoms with Crippen molar-refractivity contribution in [3.63, 3.8) is 0 Å². The van der Waals surface area contributed by atoms with Gasteiger partial charge in [-0.15, -0.1) is 0 Å². The second-order valence-electron chi connectivity index (χ2n) is 5.17. The van der Waals surface area contributed by atoms with Gasteiger partial charge in [-0.05, 0) is 36.2 Å². The number of fused-ring (bicyclic) bond motifs is 1. The van der Waals surface area contributed by atoms with Crippen molar-refractivity contribution in [2.75, 3.05) is 12.3 Å². The van der Waals surface area contributed by atoms with Crippen molar-refractivity contribution in [1.82, 2.24) is 0 Å². The number of hydrogen-bond donors (Lipinski definition) is 1. The van der Waals surface area contributed by atoms with Gasteiger partial charge in [-0.1, -0.05) is 24.3 Å². The summed E-state index contributed by atoms with van der Waals surface area (Å²) >= 11 is 0. The number of para-hydroxylation sites is 1. The van der Waals surface area contributed by atoms with Crippen LogP contribution in [0.25, 0.3) is 0 Å². The predicted molar refractivity (Wildman–Crippen MR) is 80.4 cm³/mol. The van der Waals surface area contributed by atoms with Gasteiger partial charge in [0.05, 0.1) is 5.56 Å².